The van der Waals surface area contributed by atoms with Crippen LogP contribution in [0.4, 0.5) is 5.82 Å². The van der Waals surface area contributed by atoms with Crippen molar-refractivity contribution in [1.29, 1.82) is 0 Å². The van der Waals surface area contributed by atoms with Crippen molar-refractivity contribution >= 4 is 29.0 Å². The molecule has 0 aliphatic carbocycles. The SMILES string of the molecule is CCNC(=O)C1CCN(c2ccc3nnc(-c4ccc(Cl)cc4)n3n2)CC1. The number of anilines is 1. The Morgan fingerprint density at radius 2 is 1.89 bits per heavy atom. The summed E-state index contributed by atoms with van der Waals surface area (Å²) < 4.78 is 1.76. The molecule has 1 fully saturated rings. The van der Waals surface area contributed by atoms with Gasteiger partial charge in [-0.15, -0.1) is 15.3 Å². The number of carbonyl (C=O) groups excluding carboxylic acids is 1. The molecule has 7 nitrogen and oxygen atoms in total. The lowest BCUT2D eigenvalue weighted by Crippen LogP contribution is -2.40. The molecule has 1 aliphatic heterocycles. The number of benzene rings is 1. The standard InChI is InChI=1S/C19H21ClN6O/c1-2-21-19(27)14-9-11-25(12-10-14)17-8-7-16-22-23-18(26(16)24-17)13-3-5-15(20)6-4-13/h3-8,14H,2,9-12H2,1H3,(H,21,27). The number of hydrogen-bond donors (Lipinski definition) is 1. The first kappa shape index (κ1) is 17.7. The second-order valence-corrected chi connectivity index (χ2v) is 7.08. The van der Waals surface area contributed by atoms with Crippen molar-refractivity contribution in [2.24, 2.45) is 5.92 Å². The van der Waals surface area contributed by atoms with Gasteiger partial charge < -0.3 is 10.2 Å². The summed E-state index contributed by atoms with van der Waals surface area (Å²) in [5, 5.41) is 16.8. The first-order valence-electron chi connectivity index (χ1n) is 9.17. The zero-order valence-electron chi connectivity index (χ0n) is 15.1. The summed E-state index contributed by atoms with van der Waals surface area (Å²) >= 11 is 5.98. The van der Waals surface area contributed by atoms with Crippen LogP contribution in [0.1, 0.15) is 19.8 Å². The molecule has 4 rings (SSSR count). The average Bonchev–Trinajstić information content (AvgIpc) is 3.12. The maximum absolute atomic E-state index is 12.0. The molecule has 1 aromatic carbocycles. The molecular weight excluding hydrogens is 364 g/mol. The van der Waals surface area contributed by atoms with Crippen molar-refractivity contribution in [3.05, 3.63) is 41.4 Å². The van der Waals surface area contributed by atoms with Crippen molar-refractivity contribution in [2.75, 3.05) is 24.5 Å². The second-order valence-electron chi connectivity index (χ2n) is 6.65. The monoisotopic (exact) mass is 384 g/mol. The number of carbonyl (C=O) groups is 1. The Morgan fingerprint density at radius 3 is 2.59 bits per heavy atom. The summed E-state index contributed by atoms with van der Waals surface area (Å²) in [5.41, 5.74) is 1.60. The molecule has 8 heteroatoms. The summed E-state index contributed by atoms with van der Waals surface area (Å²) in [5.74, 6) is 1.79. The molecule has 1 saturated heterocycles. The number of amides is 1. The fraction of sp³-hybridized carbons (Fsp3) is 0.368. The van der Waals surface area contributed by atoms with Crippen LogP contribution in [0.25, 0.3) is 17.0 Å². The van der Waals surface area contributed by atoms with E-state index in [0.717, 1.165) is 37.3 Å². The molecular formula is C19H21ClN6O. The third-order valence-corrected chi connectivity index (χ3v) is 5.14. The van der Waals surface area contributed by atoms with Crippen LogP contribution >= 0.6 is 11.6 Å². The number of nitrogens with zero attached hydrogens (tertiary/aromatic N) is 5. The van der Waals surface area contributed by atoms with Crippen LogP contribution in [0, 0.1) is 5.92 Å². The van der Waals surface area contributed by atoms with Gasteiger partial charge in [0.25, 0.3) is 0 Å². The van der Waals surface area contributed by atoms with Gasteiger partial charge in [0.05, 0.1) is 0 Å². The number of rotatable bonds is 4. The number of hydrogen-bond acceptors (Lipinski definition) is 5. The Balaban J connectivity index is 1.56. The van der Waals surface area contributed by atoms with Gasteiger partial charge in [0.2, 0.25) is 5.91 Å². The van der Waals surface area contributed by atoms with Gasteiger partial charge in [-0.3, -0.25) is 4.79 Å². The van der Waals surface area contributed by atoms with E-state index in [0.29, 0.717) is 23.0 Å². The van der Waals surface area contributed by atoms with Crippen LogP contribution < -0.4 is 10.2 Å². The van der Waals surface area contributed by atoms with E-state index < -0.39 is 0 Å². The van der Waals surface area contributed by atoms with Gasteiger partial charge in [0.1, 0.15) is 5.82 Å². The molecule has 0 saturated carbocycles. The Hall–Kier alpha value is -2.67. The first-order chi connectivity index (χ1) is 13.2. The van der Waals surface area contributed by atoms with E-state index in [2.05, 4.69) is 20.4 Å². The summed E-state index contributed by atoms with van der Waals surface area (Å²) in [6.07, 6.45) is 1.66. The highest BCUT2D eigenvalue weighted by Crippen LogP contribution is 2.24. The lowest BCUT2D eigenvalue weighted by Gasteiger charge is -2.31. The Labute approximate surface area is 162 Å². The molecule has 3 aromatic rings. The van der Waals surface area contributed by atoms with Crippen molar-refractivity contribution < 1.29 is 4.79 Å². The largest absolute Gasteiger partial charge is 0.356 e. The number of halogens is 1. The molecule has 27 heavy (non-hydrogen) atoms. The molecule has 0 spiro atoms. The van der Waals surface area contributed by atoms with Gasteiger partial charge in [-0.25, -0.2) is 0 Å². The Morgan fingerprint density at radius 1 is 1.15 bits per heavy atom. The van der Waals surface area contributed by atoms with Crippen molar-refractivity contribution in [3.8, 4) is 11.4 Å². The van der Waals surface area contributed by atoms with Crippen molar-refractivity contribution in [3.63, 3.8) is 0 Å². The average molecular weight is 385 g/mol. The van der Waals surface area contributed by atoms with E-state index in [4.69, 9.17) is 16.7 Å². The van der Waals surface area contributed by atoms with Crippen LogP contribution in [-0.2, 0) is 4.79 Å². The van der Waals surface area contributed by atoms with Gasteiger partial charge in [-0.05, 0) is 56.2 Å². The van der Waals surface area contributed by atoms with Crippen molar-refractivity contribution in [1.82, 2.24) is 25.1 Å². The summed E-state index contributed by atoms with van der Waals surface area (Å²) in [7, 11) is 0. The maximum atomic E-state index is 12.0. The maximum Gasteiger partial charge on any atom is 0.223 e. The number of nitrogens with one attached hydrogen (secondary N) is 1. The molecule has 0 bridgehead atoms. The highest BCUT2D eigenvalue weighted by Gasteiger charge is 2.25. The van der Waals surface area contributed by atoms with Gasteiger partial charge in [0, 0.05) is 36.1 Å². The van der Waals surface area contributed by atoms with Crippen LogP contribution in [0.3, 0.4) is 0 Å². The van der Waals surface area contributed by atoms with E-state index in [9.17, 15) is 4.79 Å². The highest BCUT2D eigenvalue weighted by molar-refractivity contribution is 6.30. The van der Waals surface area contributed by atoms with E-state index in [1.54, 1.807) is 4.52 Å². The number of piperidine rings is 1. The van der Waals surface area contributed by atoms with Crippen LogP contribution in [0.15, 0.2) is 36.4 Å². The molecule has 0 radical (unpaired) electrons. The number of fused-ring (bicyclic) bond motifs is 1. The predicted octanol–water partition coefficient (Wildman–Crippen LogP) is 2.80. The minimum absolute atomic E-state index is 0.0875. The number of aromatic nitrogens is 4. The molecule has 1 amide bonds. The fourth-order valence-electron chi connectivity index (χ4n) is 3.42. The highest BCUT2D eigenvalue weighted by atomic mass is 35.5. The quantitative estimate of drug-likeness (QED) is 0.748. The van der Waals surface area contributed by atoms with Gasteiger partial charge in [0.15, 0.2) is 11.5 Å². The zero-order valence-corrected chi connectivity index (χ0v) is 15.9. The molecule has 0 unspecified atom stereocenters. The molecule has 1 aliphatic rings. The van der Waals surface area contributed by atoms with E-state index in [1.165, 1.54) is 0 Å². The second kappa shape index (κ2) is 7.52. The Bertz CT molecular complexity index is 946. The van der Waals surface area contributed by atoms with E-state index in [1.807, 2.05) is 43.3 Å². The normalized spacial score (nSPS) is 15.3. The third kappa shape index (κ3) is 3.60. The summed E-state index contributed by atoms with van der Waals surface area (Å²) in [6, 6.07) is 11.4. The lowest BCUT2D eigenvalue weighted by molar-refractivity contribution is -0.125. The van der Waals surface area contributed by atoms with E-state index >= 15 is 0 Å². The topological polar surface area (TPSA) is 75.4 Å². The molecule has 1 N–H and O–H groups in total. The molecule has 0 atom stereocenters. The van der Waals surface area contributed by atoms with Crippen LogP contribution in [-0.4, -0.2) is 45.4 Å². The molecule has 140 valence electrons. The fourth-order valence-corrected chi connectivity index (χ4v) is 3.54. The van der Waals surface area contributed by atoms with Crippen LogP contribution in [0.5, 0.6) is 0 Å². The summed E-state index contributed by atoms with van der Waals surface area (Å²) in [4.78, 5) is 14.2. The smallest absolute Gasteiger partial charge is 0.223 e. The molecule has 2 aromatic heterocycles. The van der Waals surface area contributed by atoms with Gasteiger partial charge in [-0.2, -0.15) is 4.52 Å². The first-order valence-corrected chi connectivity index (χ1v) is 9.54. The van der Waals surface area contributed by atoms with Gasteiger partial charge in [-0.1, -0.05) is 11.6 Å². The lowest BCUT2D eigenvalue weighted by atomic mass is 9.96. The zero-order chi connectivity index (χ0) is 18.8. The van der Waals surface area contributed by atoms with E-state index in [-0.39, 0.29) is 11.8 Å². The minimum atomic E-state index is 0.0875. The molecule has 3 heterocycles. The predicted molar refractivity (Wildman–Crippen MR) is 105 cm³/mol. The van der Waals surface area contributed by atoms with Crippen LogP contribution in [0.2, 0.25) is 5.02 Å². The van der Waals surface area contributed by atoms with Crippen molar-refractivity contribution in [2.45, 2.75) is 19.8 Å². The Kier molecular flexibility index (Phi) is 4.94. The third-order valence-electron chi connectivity index (χ3n) is 4.89. The minimum Gasteiger partial charge on any atom is -0.356 e. The van der Waals surface area contributed by atoms with Gasteiger partial charge >= 0.3 is 0 Å². The summed E-state index contributed by atoms with van der Waals surface area (Å²) in [6.45, 7) is 4.24.